The number of carbonyl (C=O) groups excluding carboxylic acids is 1. The first-order valence-corrected chi connectivity index (χ1v) is 7.60. The highest BCUT2D eigenvalue weighted by atomic mass is 32.1. The number of hydrogen-bond acceptors (Lipinski definition) is 5. The summed E-state index contributed by atoms with van der Waals surface area (Å²) in [5.41, 5.74) is 1.51. The van der Waals surface area contributed by atoms with Crippen molar-refractivity contribution in [2.75, 3.05) is 11.9 Å². The molecule has 5 nitrogen and oxygen atoms in total. The van der Waals surface area contributed by atoms with E-state index in [9.17, 15) is 4.79 Å². The van der Waals surface area contributed by atoms with Crippen LogP contribution in [0.5, 0.6) is 0 Å². The Morgan fingerprint density at radius 2 is 2.30 bits per heavy atom. The predicted octanol–water partition coefficient (Wildman–Crippen LogP) is 3.22. The van der Waals surface area contributed by atoms with E-state index in [1.54, 1.807) is 6.07 Å². The van der Waals surface area contributed by atoms with E-state index < -0.39 is 0 Å². The third-order valence-corrected chi connectivity index (χ3v) is 3.78. The van der Waals surface area contributed by atoms with Gasteiger partial charge >= 0.3 is 0 Å². The first kappa shape index (κ1) is 14.7. The van der Waals surface area contributed by atoms with Crippen LogP contribution >= 0.6 is 11.3 Å². The van der Waals surface area contributed by atoms with Gasteiger partial charge in [-0.05, 0) is 19.5 Å². The van der Waals surface area contributed by atoms with Gasteiger partial charge in [0.1, 0.15) is 5.76 Å². The summed E-state index contributed by atoms with van der Waals surface area (Å²) in [6, 6.07) is 1.87. The maximum atomic E-state index is 12.1. The molecule has 20 heavy (non-hydrogen) atoms. The van der Waals surface area contributed by atoms with E-state index in [1.165, 1.54) is 17.6 Å². The van der Waals surface area contributed by atoms with E-state index in [4.69, 9.17) is 4.42 Å². The normalized spacial score (nSPS) is 12.3. The first-order valence-electron chi connectivity index (χ1n) is 6.72. The highest BCUT2D eigenvalue weighted by Gasteiger charge is 2.16. The Bertz CT molecular complexity index is 576. The van der Waals surface area contributed by atoms with E-state index in [1.807, 2.05) is 12.3 Å². The van der Waals surface area contributed by atoms with Gasteiger partial charge in [-0.1, -0.05) is 13.8 Å². The highest BCUT2D eigenvalue weighted by molar-refractivity contribution is 7.14. The van der Waals surface area contributed by atoms with Crippen LogP contribution < -0.4 is 10.6 Å². The Morgan fingerprint density at radius 1 is 1.50 bits per heavy atom. The molecule has 2 heterocycles. The summed E-state index contributed by atoms with van der Waals surface area (Å²) in [5, 5.41) is 8.67. The molecule has 1 unspecified atom stereocenters. The summed E-state index contributed by atoms with van der Waals surface area (Å²) < 4.78 is 5.26. The van der Waals surface area contributed by atoms with Crippen molar-refractivity contribution in [3.63, 3.8) is 0 Å². The smallest absolute Gasteiger partial charge is 0.260 e. The van der Waals surface area contributed by atoms with Crippen molar-refractivity contribution in [2.45, 2.75) is 33.2 Å². The van der Waals surface area contributed by atoms with Gasteiger partial charge in [0, 0.05) is 17.8 Å². The average Bonchev–Trinajstić information content (AvgIpc) is 3.07. The van der Waals surface area contributed by atoms with Gasteiger partial charge in [0.05, 0.1) is 17.5 Å². The molecule has 0 aliphatic heterocycles. The van der Waals surface area contributed by atoms with Crippen LogP contribution in [-0.4, -0.2) is 17.4 Å². The molecule has 108 valence electrons. The van der Waals surface area contributed by atoms with Crippen LogP contribution in [0.25, 0.3) is 0 Å². The third kappa shape index (κ3) is 3.26. The van der Waals surface area contributed by atoms with Gasteiger partial charge in [-0.25, -0.2) is 4.98 Å². The number of aryl methyl sites for hydroxylation is 1. The quantitative estimate of drug-likeness (QED) is 0.858. The lowest BCUT2D eigenvalue weighted by Gasteiger charge is -2.08. The van der Waals surface area contributed by atoms with Gasteiger partial charge in [-0.2, -0.15) is 0 Å². The van der Waals surface area contributed by atoms with Crippen molar-refractivity contribution < 1.29 is 9.21 Å². The van der Waals surface area contributed by atoms with E-state index in [0.717, 1.165) is 12.2 Å². The molecular weight excluding hydrogens is 274 g/mol. The standard InChI is InChI=1S/C14H19N3O2S/c1-4-12-10(6-7-19-12)13(18)17-14-16-11(8-20-14)9(3)15-5-2/h6-9,15H,4-5H2,1-3H3,(H,16,17,18). The van der Waals surface area contributed by atoms with Crippen LogP contribution in [-0.2, 0) is 6.42 Å². The van der Waals surface area contributed by atoms with Gasteiger partial charge in [0.25, 0.3) is 5.91 Å². The van der Waals surface area contributed by atoms with Crippen LogP contribution in [0.3, 0.4) is 0 Å². The number of carbonyl (C=O) groups is 1. The fraction of sp³-hybridized carbons (Fsp3) is 0.429. The fourth-order valence-electron chi connectivity index (χ4n) is 1.93. The summed E-state index contributed by atoms with van der Waals surface area (Å²) in [4.78, 5) is 16.6. The predicted molar refractivity (Wildman–Crippen MR) is 80.2 cm³/mol. The Labute approximate surface area is 122 Å². The van der Waals surface area contributed by atoms with E-state index >= 15 is 0 Å². The largest absolute Gasteiger partial charge is 0.469 e. The summed E-state index contributed by atoms with van der Waals surface area (Å²) >= 11 is 1.43. The number of thiazole rings is 1. The first-order chi connectivity index (χ1) is 9.65. The van der Waals surface area contributed by atoms with E-state index in [0.29, 0.717) is 22.9 Å². The van der Waals surface area contributed by atoms with Crippen LogP contribution in [0, 0.1) is 0 Å². The number of nitrogens with zero attached hydrogens (tertiary/aromatic N) is 1. The van der Waals surface area contributed by atoms with Crippen LogP contribution in [0.15, 0.2) is 22.1 Å². The molecular formula is C14H19N3O2S. The van der Waals surface area contributed by atoms with Crippen LogP contribution in [0.4, 0.5) is 5.13 Å². The number of nitrogens with one attached hydrogen (secondary N) is 2. The lowest BCUT2D eigenvalue weighted by atomic mass is 10.2. The number of furan rings is 1. The van der Waals surface area contributed by atoms with Gasteiger partial charge in [-0.3, -0.25) is 10.1 Å². The molecule has 0 spiro atoms. The minimum absolute atomic E-state index is 0.174. The Balaban J connectivity index is 2.05. The second-order valence-corrected chi connectivity index (χ2v) is 5.28. The number of aromatic nitrogens is 1. The lowest BCUT2D eigenvalue weighted by molar-refractivity contribution is 0.102. The molecule has 2 aromatic rings. The second-order valence-electron chi connectivity index (χ2n) is 4.42. The minimum Gasteiger partial charge on any atom is -0.469 e. The molecule has 0 radical (unpaired) electrons. The van der Waals surface area contributed by atoms with Crippen LogP contribution in [0.1, 0.15) is 48.6 Å². The molecule has 0 aliphatic carbocycles. The molecule has 0 bridgehead atoms. The zero-order valence-corrected chi connectivity index (χ0v) is 12.7. The zero-order valence-electron chi connectivity index (χ0n) is 11.9. The lowest BCUT2D eigenvalue weighted by Crippen LogP contribution is -2.18. The maximum Gasteiger partial charge on any atom is 0.260 e. The average molecular weight is 293 g/mol. The second kappa shape index (κ2) is 6.67. The summed E-state index contributed by atoms with van der Waals surface area (Å²) in [6.07, 6.45) is 2.23. The number of hydrogen-bond donors (Lipinski definition) is 2. The molecule has 0 fully saturated rings. The molecule has 1 atom stereocenters. The van der Waals surface area contributed by atoms with E-state index in [-0.39, 0.29) is 11.9 Å². The topological polar surface area (TPSA) is 67.2 Å². The van der Waals surface area contributed by atoms with Gasteiger partial charge in [0.2, 0.25) is 0 Å². The zero-order chi connectivity index (χ0) is 14.5. The van der Waals surface area contributed by atoms with E-state index in [2.05, 4.69) is 29.5 Å². The maximum absolute atomic E-state index is 12.1. The van der Waals surface area contributed by atoms with Crippen molar-refractivity contribution in [1.82, 2.24) is 10.3 Å². The van der Waals surface area contributed by atoms with Gasteiger partial charge in [0.15, 0.2) is 5.13 Å². The number of anilines is 1. The van der Waals surface area contributed by atoms with Crippen molar-refractivity contribution in [1.29, 1.82) is 0 Å². The van der Waals surface area contributed by atoms with Crippen LogP contribution in [0.2, 0.25) is 0 Å². The minimum atomic E-state index is -0.174. The number of amides is 1. The van der Waals surface area contributed by atoms with Gasteiger partial charge in [-0.15, -0.1) is 11.3 Å². The summed E-state index contributed by atoms with van der Waals surface area (Å²) in [6.45, 7) is 6.94. The monoisotopic (exact) mass is 293 g/mol. The van der Waals surface area contributed by atoms with Crippen molar-refractivity contribution in [3.8, 4) is 0 Å². The van der Waals surface area contributed by atoms with Crippen molar-refractivity contribution in [2.24, 2.45) is 0 Å². The molecule has 0 aliphatic rings. The summed E-state index contributed by atoms with van der Waals surface area (Å²) in [5.74, 6) is 0.521. The van der Waals surface area contributed by atoms with Crippen molar-refractivity contribution >= 4 is 22.4 Å². The molecule has 2 rings (SSSR count). The fourth-order valence-corrected chi connectivity index (χ4v) is 2.73. The molecule has 2 aromatic heterocycles. The SMILES string of the molecule is CCNC(C)c1csc(NC(=O)c2ccoc2CC)n1. The molecule has 0 saturated carbocycles. The number of rotatable bonds is 6. The third-order valence-electron chi connectivity index (χ3n) is 3.01. The molecule has 6 heteroatoms. The molecule has 0 saturated heterocycles. The summed E-state index contributed by atoms with van der Waals surface area (Å²) in [7, 11) is 0. The molecule has 0 aromatic carbocycles. The molecule has 1 amide bonds. The van der Waals surface area contributed by atoms with Gasteiger partial charge < -0.3 is 9.73 Å². The Kier molecular flexibility index (Phi) is 4.92. The Hall–Kier alpha value is -1.66. The Morgan fingerprint density at radius 3 is 3.00 bits per heavy atom. The highest BCUT2D eigenvalue weighted by Crippen LogP contribution is 2.22. The van der Waals surface area contributed by atoms with Crippen molar-refractivity contribution in [3.05, 3.63) is 34.7 Å². The molecule has 2 N–H and O–H groups in total.